The van der Waals surface area contributed by atoms with Crippen LogP contribution in [0.15, 0.2) is 35.4 Å². The van der Waals surface area contributed by atoms with Crippen molar-refractivity contribution >= 4 is 11.8 Å². The summed E-state index contributed by atoms with van der Waals surface area (Å²) in [5, 5.41) is 11.2. The highest BCUT2D eigenvalue weighted by Crippen LogP contribution is 2.42. The Morgan fingerprint density at radius 3 is 2.57 bits per heavy atom. The van der Waals surface area contributed by atoms with Crippen molar-refractivity contribution in [1.29, 1.82) is 0 Å². The summed E-state index contributed by atoms with van der Waals surface area (Å²) in [6.07, 6.45) is -4.66. The Kier molecular flexibility index (Phi) is 6.58. The fourth-order valence-corrected chi connectivity index (χ4v) is 3.59. The molecule has 1 aliphatic rings. The van der Waals surface area contributed by atoms with Crippen molar-refractivity contribution < 1.29 is 32.4 Å². The maximum atomic E-state index is 13.5. The van der Waals surface area contributed by atoms with E-state index in [1.807, 2.05) is 0 Å². The van der Waals surface area contributed by atoms with Gasteiger partial charge in [0.05, 0.1) is 24.0 Å². The number of alkyl halides is 3. The maximum Gasteiger partial charge on any atom is 0.416 e. The Bertz CT molecular complexity index is 816. The van der Waals surface area contributed by atoms with Crippen molar-refractivity contribution in [1.82, 2.24) is 0 Å². The molecule has 152 valence electrons. The van der Waals surface area contributed by atoms with Crippen LogP contribution in [-0.4, -0.2) is 29.8 Å². The molecule has 1 aliphatic carbocycles. The van der Waals surface area contributed by atoms with Crippen LogP contribution < -0.4 is 0 Å². The third kappa shape index (κ3) is 4.58. The number of benzene rings is 1. The molecule has 0 amide bonds. The molecular formula is C19H20F3NO5. The van der Waals surface area contributed by atoms with Gasteiger partial charge in [0.25, 0.3) is 0 Å². The first kappa shape index (κ1) is 21.6. The van der Waals surface area contributed by atoms with E-state index in [0.717, 1.165) is 12.1 Å². The average molecular weight is 399 g/mol. The van der Waals surface area contributed by atoms with Crippen molar-refractivity contribution in [3.63, 3.8) is 0 Å². The van der Waals surface area contributed by atoms with Crippen LogP contribution >= 0.6 is 0 Å². The van der Waals surface area contributed by atoms with Crippen LogP contribution in [0.25, 0.3) is 0 Å². The maximum absolute atomic E-state index is 13.5. The number of hydrogen-bond acceptors (Lipinski definition) is 5. The highest BCUT2D eigenvalue weighted by atomic mass is 19.4. The second-order valence-electron chi connectivity index (χ2n) is 6.52. The molecule has 2 atom stereocenters. The number of ether oxygens (including phenoxy) is 1. The molecular weight excluding hydrogens is 379 g/mol. The average Bonchev–Trinajstić information content (AvgIpc) is 2.60. The molecule has 28 heavy (non-hydrogen) atoms. The van der Waals surface area contributed by atoms with Gasteiger partial charge in [0.2, 0.25) is 6.54 Å². The van der Waals surface area contributed by atoms with E-state index in [-0.39, 0.29) is 36.2 Å². The number of carbonyl (C=O) groups excluding carboxylic acids is 2. The molecule has 9 heteroatoms. The fourth-order valence-electron chi connectivity index (χ4n) is 3.59. The van der Waals surface area contributed by atoms with Gasteiger partial charge >= 0.3 is 12.1 Å². The lowest BCUT2D eigenvalue weighted by atomic mass is 9.75. The van der Waals surface area contributed by atoms with Crippen LogP contribution in [0.5, 0.6) is 0 Å². The van der Waals surface area contributed by atoms with E-state index in [2.05, 4.69) is 0 Å². The first-order valence-corrected chi connectivity index (χ1v) is 8.76. The van der Waals surface area contributed by atoms with Crippen LogP contribution in [0.1, 0.15) is 43.7 Å². The summed E-state index contributed by atoms with van der Waals surface area (Å²) >= 11 is 0. The molecule has 0 unspecified atom stereocenters. The Labute approximate surface area is 159 Å². The van der Waals surface area contributed by atoms with E-state index < -0.39 is 46.8 Å². The van der Waals surface area contributed by atoms with Gasteiger partial charge in [-0.25, -0.2) is 0 Å². The highest BCUT2D eigenvalue weighted by Gasteiger charge is 2.41. The quantitative estimate of drug-likeness (QED) is 0.411. The zero-order valence-corrected chi connectivity index (χ0v) is 15.4. The van der Waals surface area contributed by atoms with Gasteiger partial charge in [-0.05, 0) is 31.9 Å². The number of nitrogens with zero attached hydrogens (tertiary/aromatic N) is 1. The topological polar surface area (TPSA) is 86.5 Å². The Hall–Kier alpha value is -2.71. The zero-order valence-electron chi connectivity index (χ0n) is 15.4. The number of carbonyl (C=O) groups is 2. The summed E-state index contributed by atoms with van der Waals surface area (Å²) in [7, 11) is 0. The molecule has 6 nitrogen and oxygen atoms in total. The molecule has 0 aliphatic heterocycles. The summed E-state index contributed by atoms with van der Waals surface area (Å²) in [6.45, 7) is 2.29. The third-order valence-electron chi connectivity index (χ3n) is 4.80. The second-order valence-corrected chi connectivity index (χ2v) is 6.52. The van der Waals surface area contributed by atoms with Crippen LogP contribution in [0.2, 0.25) is 0 Å². The van der Waals surface area contributed by atoms with Crippen LogP contribution in [0.3, 0.4) is 0 Å². The van der Waals surface area contributed by atoms with Gasteiger partial charge < -0.3 is 4.74 Å². The summed E-state index contributed by atoms with van der Waals surface area (Å²) < 4.78 is 45.4. The lowest BCUT2D eigenvalue weighted by Gasteiger charge is -2.29. The summed E-state index contributed by atoms with van der Waals surface area (Å²) in [5.74, 6) is -3.28. The number of nitro groups is 1. The molecule has 1 aromatic rings. The Morgan fingerprint density at radius 1 is 1.36 bits per heavy atom. The molecule has 0 saturated carbocycles. The highest BCUT2D eigenvalue weighted by molar-refractivity contribution is 6.00. The number of ketones is 1. The molecule has 0 aromatic heterocycles. The minimum Gasteiger partial charge on any atom is -0.466 e. The van der Waals surface area contributed by atoms with Gasteiger partial charge in [-0.1, -0.05) is 23.8 Å². The Morgan fingerprint density at radius 2 is 2.00 bits per heavy atom. The standard InChI is InChI=1S/C19H20F3NO5/c1-3-28-18(25)12-8-9-16(24)17(11(12)2)14(10-23(26)27)13-6-4-5-7-15(13)19(20,21)22/h4-7,12,14H,3,8-10H2,1-2H3/t12-,14+/m1/s1. The van der Waals surface area contributed by atoms with Crippen LogP contribution in [0.4, 0.5) is 13.2 Å². The van der Waals surface area contributed by atoms with Crippen LogP contribution in [0, 0.1) is 16.0 Å². The summed E-state index contributed by atoms with van der Waals surface area (Å²) in [5.41, 5.74) is -1.25. The fraction of sp³-hybridized carbons (Fsp3) is 0.474. The number of hydrogen-bond donors (Lipinski definition) is 0. The van der Waals surface area contributed by atoms with E-state index in [9.17, 15) is 32.9 Å². The molecule has 0 spiro atoms. The smallest absolute Gasteiger partial charge is 0.416 e. The molecule has 2 rings (SSSR count). The first-order valence-electron chi connectivity index (χ1n) is 8.76. The predicted octanol–water partition coefficient (Wildman–Crippen LogP) is 3.92. The number of halogens is 3. The zero-order chi connectivity index (χ0) is 21.1. The van der Waals surface area contributed by atoms with Crippen molar-refractivity contribution in [2.45, 2.75) is 38.8 Å². The minimum atomic E-state index is -4.74. The number of rotatable bonds is 6. The molecule has 1 aromatic carbocycles. The second kappa shape index (κ2) is 8.53. The Balaban J connectivity index is 2.65. The van der Waals surface area contributed by atoms with Gasteiger partial charge in [-0.3, -0.25) is 19.7 Å². The van der Waals surface area contributed by atoms with E-state index in [1.165, 1.54) is 19.1 Å². The normalized spacial score (nSPS) is 18.8. The van der Waals surface area contributed by atoms with E-state index >= 15 is 0 Å². The van der Waals surface area contributed by atoms with Crippen molar-refractivity contribution in [2.24, 2.45) is 5.92 Å². The SMILES string of the molecule is CCOC(=O)[C@@H]1CCC(=O)C([C@@H](C[N+](=O)[O-])c2ccccc2C(F)(F)F)=C1C. The molecule has 0 saturated heterocycles. The van der Waals surface area contributed by atoms with Gasteiger partial charge in [0.1, 0.15) is 0 Å². The largest absolute Gasteiger partial charge is 0.466 e. The molecule has 0 N–H and O–H groups in total. The summed E-state index contributed by atoms with van der Waals surface area (Å²) in [4.78, 5) is 35.2. The van der Waals surface area contributed by atoms with Gasteiger partial charge in [0.15, 0.2) is 5.78 Å². The first-order chi connectivity index (χ1) is 13.1. The molecule has 0 bridgehead atoms. The lowest BCUT2D eigenvalue weighted by molar-refractivity contribution is -0.482. The molecule has 0 heterocycles. The van der Waals surface area contributed by atoms with Crippen LogP contribution in [-0.2, 0) is 20.5 Å². The molecule has 0 radical (unpaired) electrons. The van der Waals surface area contributed by atoms with Gasteiger partial charge in [-0.2, -0.15) is 13.2 Å². The van der Waals surface area contributed by atoms with Gasteiger partial charge in [0, 0.05) is 16.9 Å². The van der Waals surface area contributed by atoms with Gasteiger partial charge in [-0.15, -0.1) is 0 Å². The minimum absolute atomic E-state index is 0.0848. The summed E-state index contributed by atoms with van der Waals surface area (Å²) in [6, 6.07) is 4.48. The van der Waals surface area contributed by atoms with Crippen molar-refractivity contribution in [2.75, 3.05) is 13.2 Å². The number of Topliss-reactive ketones (excluding diaryl/α,β-unsaturated/α-hetero) is 1. The molecule has 0 fully saturated rings. The lowest BCUT2D eigenvalue weighted by Crippen LogP contribution is -2.31. The predicted molar refractivity (Wildman–Crippen MR) is 93.1 cm³/mol. The van der Waals surface area contributed by atoms with E-state index in [4.69, 9.17) is 4.74 Å². The van der Waals surface area contributed by atoms with Crippen molar-refractivity contribution in [3.8, 4) is 0 Å². The number of esters is 1. The third-order valence-corrected chi connectivity index (χ3v) is 4.80. The van der Waals surface area contributed by atoms with E-state index in [1.54, 1.807) is 6.92 Å². The van der Waals surface area contributed by atoms with Crippen molar-refractivity contribution in [3.05, 3.63) is 56.7 Å². The monoisotopic (exact) mass is 399 g/mol. The van der Waals surface area contributed by atoms with E-state index in [0.29, 0.717) is 0 Å².